The molecule has 0 fully saturated rings. The lowest BCUT2D eigenvalue weighted by molar-refractivity contribution is 0.0979. The molecule has 0 bridgehead atoms. The molecule has 1 aromatic carbocycles. The molecule has 0 spiro atoms. The van der Waals surface area contributed by atoms with Crippen molar-refractivity contribution in [1.82, 2.24) is 0 Å². The number of carbonyl (C=O) groups is 1. The topological polar surface area (TPSA) is 26.3 Å². The maximum atomic E-state index is 13.8. The number of halogens is 1. The van der Waals surface area contributed by atoms with E-state index in [0.717, 1.165) is 0 Å². The summed E-state index contributed by atoms with van der Waals surface area (Å²) in [4.78, 5) is 11.7. The lowest BCUT2D eigenvalue weighted by Crippen LogP contribution is -2.14. The Balaban J connectivity index is 2.69. The van der Waals surface area contributed by atoms with Gasteiger partial charge in [0.15, 0.2) is 5.78 Å². The van der Waals surface area contributed by atoms with Crippen LogP contribution < -0.4 is 4.74 Å². The highest BCUT2D eigenvalue weighted by atomic mass is 19.1. The fourth-order valence-electron chi connectivity index (χ4n) is 2.19. The third kappa shape index (κ3) is 1.42. The van der Waals surface area contributed by atoms with Gasteiger partial charge in [-0.15, -0.1) is 0 Å². The van der Waals surface area contributed by atoms with Crippen LogP contribution >= 0.6 is 0 Å². The van der Waals surface area contributed by atoms with Gasteiger partial charge in [-0.1, -0.05) is 13.8 Å². The quantitative estimate of drug-likeness (QED) is 0.709. The molecule has 0 aliphatic heterocycles. The number of methoxy groups -OCH3 is 1. The van der Waals surface area contributed by atoms with Crippen LogP contribution in [0.25, 0.3) is 0 Å². The molecule has 0 N–H and O–H groups in total. The lowest BCUT2D eigenvalue weighted by atomic mass is 9.86. The molecule has 0 heterocycles. The zero-order chi connectivity index (χ0) is 11.2. The molecule has 0 saturated heterocycles. The van der Waals surface area contributed by atoms with Gasteiger partial charge in [-0.25, -0.2) is 4.39 Å². The van der Waals surface area contributed by atoms with Crippen molar-refractivity contribution in [1.29, 1.82) is 0 Å². The standard InChI is InChI=1S/C12H13FO2/c1-12(2)6-10(14)8-4-7(15-3)5-9(13)11(8)12/h4-5H,6H2,1-3H3. The number of hydrogen-bond acceptors (Lipinski definition) is 2. The van der Waals surface area contributed by atoms with Gasteiger partial charge < -0.3 is 4.74 Å². The van der Waals surface area contributed by atoms with Crippen molar-refractivity contribution in [3.05, 3.63) is 29.1 Å². The summed E-state index contributed by atoms with van der Waals surface area (Å²) in [7, 11) is 1.46. The number of rotatable bonds is 1. The van der Waals surface area contributed by atoms with Crippen molar-refractivity contribution >= 4 is 5.78 Å². The van der Waals surface area contributed by atoms with Crippen LogP contribution in [0.5, 0.6) is 5.75 Å². The highest BCUT2D eigenvalue weighted by Gasteiger charge is 2.38. The number of carbonyl (C=O) groups excluding carboxylic acids is 1. The monoisotopic (exact) mass is 208 g/mol. The smallest absolute Gasteiger partial charge is 0.164 e. The van der Waals surface area contributed by atoms with Crippen molar-refractivity contribution in [2.45, 2.75) is 25.7 Å². The number of benzene rings is 1. The van der Waals surface area contributed by atoms with Crippen LogP contribution in [-0.4, -0.2) is 12.9 Å². The normalized spacial score (nSPS) is 17.7. The van der Waals surface area contributed by atoms with E-state index in [1.807, 2.05) is 13.8 Å². The predicted octanol–water partition coefficient (Wildman–Crippen LogP) is 2.70. The summed E-state index contributed by atoms with van der Waals surface area (Å²) in [6.45, 7) is 3.76. The molecular weight excluding hydrogens is 195 g/mol. The van der Waals surface area contributed by atoms with Crippen molar-refractivity contribution in [3.8, 4) is 5.75 Å². The number of fused-ring (bicyclic) bond motifs is 1. The van der Waals surface area contributed by atoms with Gasteiger partial charge >= 0.3 is 0 Å². The minimum absolute atomic E-state index is 0.00667. The maximum Gasteiger partial charge on any atom is 0.164 e. The molecule has 1 aromatic rings. The average molecular weight is 208 g/mol. The zero-order valence-corrected chi connectivity index (χ0v) is 9.06. The molecule has 0 unspecified atom stereocenters. The Kier molecular flexibility index (Phi) is 2.07. The van der Waals surface area contributed by atoms with Crippen LogP contribution in [0.3, 0.4) is 0 Å². The van der Waals surface area contributed by atoms with E-state index >= 15 is 0 Å². The molecule has 0 saturated carbocycles. The summed E-state index contributed by atoms with van der Waals surface area (Å²) in [5, 5.41) is 0. The summed E-state index contributed by atoms with van der Waals surface area (Å²) in [5.41, 5.74) is 0.591. The van der Waals surface area contributed by atoms with E-state index in [2.05, 4.69) is 0 Å². The third-order valence-electron chi connectivity index (χ3n) is 2.88. The van der Waals surface area contributed by atoms with E-state index in [4.69, 9.17) is 4.74 Å². The Morgan fingerprint density at radius 1 is 1.40 bits per heavy atom. The van der Waals surface area contributed by atoms with Crippen LogP contribution in [0.1, 0.15) is 36.2 Å². The van der Waals surface area contributed by atoms with Gasteiger partial charge in [0.05, 0.1) is 7.11 Å². The Labute approximate surface area is 88.1 Å². The SMILES string of the molecule is COc1cc(F)c2c(c1)C(=O)CC2(C)C. The van der Waals surface area contributed by atoms with Crippen molar-refractivity contribution in [3.63, 3.8) is 0 Å². The molecule has 1 aliphatic carbocycles. The first-order valence-electron chi connectivity index (χ1n) is 4.87. The van der Waals surface area contributed by atoms with Gasteiger partial charge in [0.25, 0.3) is 0 Å². The van der Waals surface area contributed by atoms with Gasteiger partial charge in [0.1, 0.15) is 11.6 Å². The van der Waals surface area contributed by atoms with Gasteiger partial charge in [0.2, 0.25) is 0 Å². The second-order valence-electron chi connectivity index (χ2n) is 4.52. The molecule has 0 aromatic heterocycles. The van der Waals surface area contributed by atoms with Crippen LogP contribution in [0.2, 0.25) is 0 Å². The number of Topliss-reactive ketones (excluding diaryl/α,β-unsaturated/α-hetero) is 1. The molecule has 15 heavy (non-hydrogen) atoms. The molecule has 1 aliphatic rings. The molecule has 3 heteroatoms. The summed E-state index contributed by atoms with van der Waals surface area (Å²) in [5.74, 6) is 0.0466. The second-order valence-corrected chi connectivity index (χ2v) is 4.52. The first-order valence-corrected chi connectivity index (χ1v) is 4.87. The third-order valence-corrected chi connectivity index (χ3v) is 2.88. The average Bonchev–Trinajstić information content (AvgIpc) is 2.37. The highest BCUT2D eigenvalue weighted by molar-refractivity contribution is 6.02. The van der Waals surface area contributed by atoms with Crippen LogP contribution in [0, 0.1) is 5.82 Å². The number of hydrogen-bond donors (Lipinski definition) is 0. The van der Waals surface area contributed by atoms with E-state index in [9.17, 15) is 9.18 Å². The summed E-state index contributed by atoms with van der Waals surface area (Å²) in [6.07, 6.45) is 0.367. The maximum absolute atomic E-state index is 13.8. The largest absolute Gasteiger partial charge is 0.497 e. The fraction of sp³-hybridized carbons (Fsp3) is 0.417. The molecule has 80 valence electrons. The Morgan fingerprint density at radius 2 is 2.07 bits per heavy atom. The van der Waals surface area contributed by atoms with Gasteiger partial charge in [0, 0.05) is 29.0 Å². The van der Waals surface area contributed by atoms with Crippen LogP contribution in [0.4, 0.5) is 4.39 Å². The second kappa shape index (κ2) is 3.05. The van der Waals surface area contributed by atoms with E-state index in [0.29, 0.717) is 23.3 Å². The molecular formula is C12H13FO2. The number of ether oxygens (including phenoxy) is 1. The first kappa shape index (κ1) is 10.1. The molecule has 2 rings (SSSR count). The van der Waals surface area contributed by atoms with Crippen molar-refractivity contribution in [2.75, 3.05) is 7.11 Å². The molecule has 2 nitrogen and oxygen atoms in total. The Morgan fingerprint density at radius 3 is 2.67 bits per heavy atom. The lowest BCUT2D eigenvalue weighted by Gasteiger charge is -2.18. The minimum Gasteiger partial charge on any atom is -0.497 e. The van der Waals surface area contributed by atoms with E-state index in [-0.39, 0.29) is 11.6 Å². The number of ketones is 1. The Hall–Kier alpha value is -1.38. The summed E-state index contributed by atoms with van der Waals surface area (Å²) >= 11 is 0. The fourth-order valence-corrected chi connectivity index (χ4v) is 2.19. The minimum atomic E-state index is -0.400. The summed E-state index contributed by atoms with van der Waals surface area (Å²) < 4.78 is 18.7. The molecule has 0 atom stereocenters. The predicted molar refractivity (Wildman–Crippen MR) is 54.9 cm³/mol. The first-order chi connectivity index (χ1) is 6.95. The van der Waals surface area contributed by atoms with Crippen LogP contribution in [0.15, 0.2) is 12.1 Å². The van der Waals surface area contributed by atoms with Crippen LogP contribution in [-0.2, 0) is 5.41 Å². The van der Waals surface area contributed by atoms with Gasteiger partial charge in [-0.3, -0.25) is 4.79 Å². The molecule has 0 amide bonds. The highest BCUT2D eigenvalue weighted by Crippen LogP contribution is 2.41. The van der Waals surface area contributed by atoms with Crippen molar-refractivity contribution in [2.24, 2.45) is 0 Å². The van der Waals surface area contributed by atoms with Gasteiger partial charge in [-0.2, -0.15) is 0 Å². The summed E-state index contributed by atoms with van der Waals surface area (Å²) in [6, 6.07) is 2.95. The zero-order valence-electron chi connectivity index (χ0n) is 9.06. The van der Waals surface area contributed by atoms with E-state index in [1.165, 1.54) is 13.2 Å². The van der Waals surface area contributed by atoms with E-state index in [1.54, 1.807) is 6.07 Å². The van der Waals surface area contributed by atoms with Gasteiger partial charge in [-0.05, 0) is 6.07 Å². The Bertz CT molecular complexity index is 435. The van der Waals surface area contributed by atoms with E-state index < -0.39 is 5.41 Å². The molecule has 0 radical (unpaired) electrons. The van der Waals surface area contributed by atoms with Crippen molar-refractivity contribution < 1.29 is 13.9 Å².